The van der Waals surface area contributed by atoms with Crippen molar-refractivity contribution in [2.45, 2.75) is 0 Å². The van der Waals surface area contributed by atoms with Crippen LogP contribution in [0.3, 0.4) is 0 Å². The molecule has 35 heavy (non-hydrogen) atoms. The molecule has 0 saturated heterocycles. The molecule has 178 valence electrons. The first-order valence-corrected chi connectivity index (χ1v) is 11.5. The number of para-hydroxylation sites is 1. The Balaban J connectivity index is 1.72. The zero-order chi connectivity index (χ0) is 24.4. The molecule has 3 aromatic carbocycles. The summed E-state index contributed by atoms with van der Waals surface area (Å²) in [5, 5.41) is 6.99. The Hall–Kier alpha value is -4.10. The number of hydrogen-bond donors (Lipinski definition) is 0. The van der Waals surface area contributed by atoms with E-state index in [2.05, 4.69) is 4.90 Å². The number of pyridine rings is 1. The van der Waals surface area contributed by atoms with Crippen LogP contribution >= 0.6 is 0 Å². The summed E-state index contributed by atoms with van der Waals surface area (Å²) in [7, 11) is 7.36. The molecule has 0 unspecified atom stereocenters. The van der Waals surface area contributed by atoms with Crippen LogP contribution in [0.4, 0.5) is 0 Å². The number of aromatic nitrogens is 3. The van der Waals surface area contributed by atoms with Crippen molar-refractivity contribution >= 4 is 21.8 Å². The maximum absolute atomic E-state index is 6.07. The van der Waals surface area contributed by atoms with Crippen LogP contribution < -0.4 is 14.2 Å². The Morgan fingerprint density at radius 3 is 2.43 bits per heavy atom. The van der Waals surface area contributed by atoms with Gasteiger partial charge in [-0.3, -0.25) is 4.98 Å². The van der Waals surface area contributed by atoms with E-state index in [1.54, 1.807) is 14.2 Å². The van der Waals surface area contributed by atoms with Crippen molar-refractivity contribution in [3.63, 3.8) is 0 Å². The zero-order valence-corrected chi connectivity index (χ0v) is 20.4. The summed E-state index contributed by atoms with van der Waals surface area (Å²) in [6.07, 6.45) is 1.89. The number of benzene rings is 3. The molecular weight excluding hydrogens is 440 g/mol. The Morgan fingerprint density at radius 2 is 1.69 bits per heavy atom. The number of likely N-dealkylation sites (N-methyl/N-ethyl adjacent to an activating group) is 1. The molecular formula is C28H28N4O3. The van der Waals surface area contributed by atoms with Gasteiger partial charge < -0.3 is 19.1 Å². The van der Waals surface area contributed by atoms with E-state index in [1.807, 2.05) is 91.7 Å². The number of hydrogen-bond acceptors (Lipinski definition) is 6. The fourth-order valence-corrected chi connectivity index (χ4v) is 4.13. The van der Waals surface area contributed by atoms with Gasteiger partial charge in [-0.1, -0.05) is 18.2 Å². The fourth-order valence-electron chi connectivity index (χ4n) is 4.13. The molecule has 2 heterocycles. The second kappa shape index (κ2) is 9.64. The van der Waals surface area contributed by atoms with Crippen molar-refractivity contribution in [1.29, 1.82) is 0 Å². The summed E-state index contributed by atoms with van der Waals surface area (Å²) < 4.78 is 19.1. The van der Waals surface area contributed by atoms with E-state index < -0.39 is 0 Å². The van der Waals surface area contributed by atoms with E-state index in [4.69, 9.17) is 24.3 Å². The predicted octanol–water partition coefficient (Wildman–Crippen LogP) is 5.20. The van der Waals surface area contributed by atoms with E-state index in [9.17, 15) is 0 Å². The first-order chi connectivity index (χ1) is 17.1. The van der Waals surface area contributed by atoms with Crippen molar-refractivity contribution in [1.82, 2.24) is 19.7 Å². The lowest BCUT2D eigenvalue weighted by molar-refractivity contribution is 0.251. The average molecular weight is 469 g/mol. The molecule has 0 bridgehead atoms. The molecule has 5 rings (SSSR count). The van der Waals surface area contributed by atoms with Crippen molar-refractivity contribution < 1.29 is 14.2 Å². The van der Waals surface area contributed by atoms with Gasteiger partial charge in [0.15, 0.2) is 11.5 Å². The van der Waals surface area contributed by atoms with Crippen molar-refractivity contribution in [2.75, 3.05) is 41.5 Å². The summed E-state index contributed by atoms with van der Waals surface area (Å²) in [6, 6.07) is 21.9. The standard InChI is InChI=1S/C28H28N4O3/c1-31(2)14-15-35-26-16-19(10-13-25(26)34-4)27-23-18-29-24-12-11-21(33-3)17-22(24)28(23)32(30-27)20-8-6-5-7-9-20/h5-13,16-18H,14-15H2,1-4H3. The molecule has 0 saturated carbocycles. The van der Waals surface area contributed by atoms with Crippen molar-refractivity contribution in [3.05, 3.63) is 72.9 Å². The van der Waals surface area contributed by atoms with Gasteiger partial charge in [0.25, 0.3) is 0 Å². The van der Waals surface area contributed by atoms with Crippen LogP contribution in [0, 0.1) is 0 Å². The minimum Gasteiger partial charge on any atom is -0.497 e. The molecule has 0 spiro atoms. The summed E-state index contributed by atoms with van der Waals surface area (Å²) >= 11 is 0. The first kappa shape index (κ1) is 22.7. The normalized spacial score (nSPS) is 11.3. The highest BCUT2D eigenvalue weighted by molar-refractivity contribution is 6.09. The number of rotatable bonds is 8. The van der Waals surface area contributed by atoms with Crippen LogP contribution in [-0.2, 0) is 0 Å². The third-order valence-electron chi connectivity index (χ3n) is 5.95. The zero-order valence-electron chi connectivity index (χ0n) is 20.4. The van der Waals surface area contributed by atoms with Gasteiger partial charge in [0, 0.05) is 29.1 Å². The van der Waals surface area contributed by atoms with Crippen LogP contribution in [0.2, 0.25) is 0 Å². The summed E-state index contributed by atoms with van der Waals surface area (Å²) in [6.45, 7) is 1.36. The van der Waals surface area contributed by atoms with E-state index in [-0.39, 0.29) is 0 Å². The molecule has 5 aromatic rings. The lowest BCUT2D eigenvalue weighted by Gasteiger charge is -2.14. The molecule has 0 aliphatic carbocycles. The molecule has 0 atom stereocenters. The van der Waals surface area contributed by atoms with Crippen LogP contribution in [0.5, 0.6) is 17.2 Å². The quantitative estimate of drug-likeness (QED) is 0.312. The van der Waals surface area contributed by atoms with Gasteiger partial charge in [0.05, 0.1) is 30.9 Å². The van der Waals surface area contributed by atoms with Crippen LogP contribution in [0.25, 0.3) is 38.8 Å². The predicted molar refractivity (Wildman–Crippen MR) is 139 cm³/mol. The lowest BCUT2D eigenvalue weighted by atomic mass is 10.1. The van der Waals surface area contributed by atoms with Crippen molar-refractivity contribution in [2.24, 2.45) is 0 Å². The third kappa shape index (κ3) is 4.38. The smallest absolute Gasteiger partial charge is 0.161 e. The van der Waals surface area contributed by atoms with Gasteiger partial charge in [0.2, 0.25) is 0 Å². The molecule has 0 aliphatic heterocycles. The SMILES string of the molecule is COc1ccc2ncc3c(-c4ccc(OC)c(OCCN(C)C)c4)nn(-c4ccccc4)c3c2c1. The molecule has 0 fully saturated rings. The Bertz CT molecular complexity index is 1480. The molecule has 0 radical (unpaired) electrons. The fraction of sp³-hybridized carbons (Fsp3) is 0.214. The minimum absolute atomic E-state index is 0.554. The van der Waals surface area contributed by atoms with Gasteiger partial charge in [0.1, 0.15) is 18.1 Å². The maximum Gasteiger partial charge on any atom is 0.161 e. The molecule has 7 heteroatoms. The molecule has 0 aliphatic rings. The Labute approximate surface area is 204 Å². The summed E-state index contributed by atoms with van der Waals surface area (Å²) in [5.41, 5.74) is 4.57. The summed E-state index contributed by atoms with van der Waals surface area (Å²) in [5.74, 6) is 2.15. The van der Waals surface area contributed by atoms with Crippen molar-refractivity contribution in [3.8, 4) is 34.2 Å². The van der Waals surface area contributed by atoms with E-state index in [0.29, 0.717) is 18.1 Å². The van der Waals surface area contributed by atoms with E-state index >= 15 is 0 Å². The second-order valence-corrected chi connectivity index (χ2v) is 8.52. The van der Waals surface area contributed by atoms with Crippen LogP contribution in [-0.4, -0.2) is 61.1 Å². The molecule has 2 aromatic heterocycles. The van der Waals surface area contributed by atoms with Crippen LogP contribution in [0.15, 0.2) is 72.9 Å². The van der Waals surface area contributed by atoms with E-state index in [1.165, 1.54) is 0 Å². The highest BCUT2D eigenvalue weighted by Gasteiger charge is 2.19. The Kier molecular flexibility index (Phi) is 6.25. The lowest BCUT2D eigenvalue weighted by Crippen LogP contribution is -2.19. The van der Waals surface area contributed by atoms with Gasteiger partial charge >= 0.3 is 0 Å². The highest BCUT2D eigenvalue weighted by Crippen LogP contribution is 2.38. The van der Waals surface area contributed by atoms with Gasteiger partial charge in [-0.2, -0.15) is 5.10 Å². The largest absolute Gasteiger partial charge is 0.497 e. The third-order valence-corrected chi connectivity index (χ3v) is 5.95. The number of methoxy groups -OCH3 is 2. The van der Waals surface area contributed by atoms with Crippen LogP contribution in [0.1, 0.15) is 0 Å². The average Bonchev–Trinajstić information content (AvgIpc) is 3.29. The molecule has 0 N–H and O–H groups in total. The highest BCUT2D eigenvalue weighted by atomic mass is 16.5. The molecule has 0 amide bonds. The minimum atomic E-state index is 0.554. The van der Waals surface area contributed by atoms with Gasteiger partial charge in [-0.25, -0.2) is 4.68 Å². The second-order valence-electron chi connectivity index (χ2n) is 8.52. The maximum atomic E-state index is 6.07. The van der Waals surface area contributed by atoms with E-state index in [0.717, 1.165) is 51.0 Å². The Morgan fingerprint density at radius 1 is 0.857 bits per heavy atom. The van der Waals surface area contributed by atoms with Gasteiger partial charge in [-0.05, 0) is 62.6 Å². The summed E-state index contributed by atoms with van der Waals surface area (Å²) in [4.78, 5) is 6.81. The number of nitrogens with zero attached hydrogens (tertiary/aromatic N) is 4. The monoisotopic (exact) mass is 468 g/mol. The first-order valence-electron chi connectivity index (χ1n) is 11.5. The number of fused-ring (bicyclic) bond motifs is 3. The van der Waals surface area contributed by atoms with Gasteiger partial charge in [-0.15, -0.1) is 0 Å². The number of ether oxygens (including phenoxy) is 3. The molecule has 7 nitrogen and oxygen atoms in total. The topological polar surface area (TPSA) is 61.6 Å².